The summed E-state index contributed by atoms with van der Waals surface area (Å²) in [5, 5.41) is 0.653. The number of halogens is 3. The third-order valence-corrected chi connectivity index (χ3v) is 3.61. The molecule has 0 aliphatic heterocycles. The van der Waals surface area contributed by atoms with Gasteiger partial charge in [-0.05, 0) is 54.4 Å². The lowest BCUT2D eigenvalue weighted by Gasteiger charge is -2.17. The summed E-state index contributed by atoms with van der Waals surface area (Å²) in [6.07, 6.45) is 0.556. The van der Waals surface area contributed by atoms with Crippen molar-refractivity contribution in [1.82, 2.24) is 5.43 Å². The van der Waals surface area contributed by atoms with Gasteiger partial charge in [-0.1, -0.05) is 27.5 Å². The van der Waals surface area contributed by atoms with Gasteiger partial charge in [0, 0.05) is 9.50 Å². The summed E-state index contributed by atoms with van der Waals surface area (Å²) in [5.41, 5.74) is 3.52. The molecule has 1 unspecified atom stereocenters. The zero-order valence-electron chi connectivity index (χ0n) is 11.2. The van der Waals surface area contributed by atoms with E-state index in [1.54, 1.807) is 24.3 Å². The molecule has 0 bridgehead atoms. The number of hydrogen-bond donors (Lipinski definition) is 2. The predicted molar refractivity (Wildman–Crippen MR) is 85.9 cm³/mol. The van der Waals surface area contributed by atoms with Gasteiger partial charge in [-0.2, -0.15) is 0 Å². The minimum absolute atomic E-state index is 0.130. The van der Waals surface area contributed by atoms with Crippen LogP contribution in [0.1, 0.15) is 5.56 Å². The van der Waals surface area contributed by atoms with Gasteiger partial charge in [-0.3, -0.25) is 11.3 Å². The van der Waals surface area contributed by atoms with Gasteiger partial charge in [0.15, 0.2) is 0 Å². The molecule has 21 heavy (non-hydrogen) atoms. The molecule has 0 saturated carbocycles. The summed E-state index contributed by atoms with van der Waals surface area (Å²) >= 11 is 9.08. The summed E-state index contributed by atoms with van der Waals surface area (Å²) in [6, 6.07) is 11.7. The van der Waals surface area contributed by atoms with Gasteiger partial charge in [0.25, 0.3) is 0 Å². The molecule has 0 aliphatic rings. The second kappa shape index (κ2) is 7.75. The summed E-state index contributed by atoms with van der Waals surface area (Å²) in [5.74, 6) is 5.95. The van der Waals surface area contributed by atoms with Crippen molar-refractivity contribution >= 4 is 27.5 Å². The van der Waals surface area contributed by atoms with Gasteiger partial charge in [-0.25, -0.2) is 4.39 Å². The fourth-order valence-corrected chi connectivity index (χ4v) is 2.55. The van der Waals surface area contributed by atoms with Crippen molar-refractivity contribution in [3.8, 4) is 5.75 Å². The van der Waals surface area contributed by atoms with Crippen LogP contribution in [-0.4, -0.2) is 12.6 Å². The Morgan fingerprint density at radius 2 is 1.95 bits per heavy atom. The fourth-order valence-electron chi connectivity index (χ4n) is 1.91. The normalized spacial score (nSPS) is 12.2. The van der Waals surface area contributed by atoms with Crippen LogP contribution in [0.3, 0.4) is 0 Å². The van der Waals surface area contributed by atoms with Crippen molar-refractivity contribution in [2.24, 2.45) is 5.84 Å². The Morgan fingerprint density at radius 3 is 2.57 bits per heavy atom. The minimum atomic E-state index is -0.284. The lowest BCUT2D eigenvalue weighted by Crippen LogP contribution is -2.41. The number of rotatable bonds is 6. The van der Waals surface area contributed by atoms with E-state index in [-0.39, 0.29) is 11.9 Å². The van der Waals surface area contributed by atoms with E-state index in [1.165, 1.54) is 12.1 Å². The van der Waals surface area contributed by atoms with Crippen LogP contribution >= 0.6 is 27.5 Å². The van der Waals surface area contributed by atoms with E-state index in [1.807, 2.05) is 6.07 Å². The fraction of sp³-hybridized carbons (Fsp3) is 0.200. The molecule has 0 heterocycles. The first-order valence-electron chi connectivity index (χ1n) is 6.36. The van der Waals surface area contributed by atoms with Gasteiger partial charge in [0.1, 0.15) is 18.2 Å². The molecule has 1 atom stereocenters. The second-order valence-electron chi connectivity index (χ2n) is 4.61. The molecule has 0 aliphatic carbocycles. The van der Waals surface area contributed by atoms with Crippen LogP contribution in [0.4, 0.5) is 4.39 Å². The smallest absolute Gasteiger partial charge is 0.124 e. The number of nitrogens with one attached hydrogen (secondary N) is 1. The molecular weight excluding hydrogens is 359 g/mol. The van der Waals surface area contributed by atoms with Gasteiger partial charge < -0.3 is 4.74 Å². The van der Waals surface area contributed by atoms with E-state index < -0.39 is 0 Å². The van der Waals surface area contributed by atoms with Crippen LogP contribution in [-0.2, 0) is 6.42 Å². The molecule has 2 aromatic carbocycles. The highest BCUT2D eigenvalue weighted by molar-refractivity contribution is 9.10. The number of nitrogens with two attached hydrogens (primary N) is 1. The van der Waals surface area contributed by atoms with Gasteiger partial charge in [0.05, 0.1) is 6.04 Å². The first kappa shape index (κ1) is 16.2. The number of ether oxygens (including phenoxy) is 1. The molecule has 6 heteroatoms. The quantitative estimate of drug-likeness (QED) is 0.599. The Labute approximate surface area is 136 Å². The zero-order chi connectivity index (χ0) is 15.2. The molecule has 2 rings (SSSR count). The lowest BCUT2D eigenvalue weighted by atomic mass is 10.1. The average molecular weight is 374 g/mol. The van der Waals surface area contributed by atoms with Crippen LogP contribution in [0.15, 0.2) is 46.9 Å². The van der Waals surface area contributed by atoms with Gasteiger partial charge in [-0.15, -0.1) is 0 Å². The highest BCUT2D eigenvalue weighted by Gasteiger charge is 2.10. The molecule has 3 nitrogen and oxygen atoms in total. The van der Waals surface area contributed by atoms with Crippen LogP contribution < -0.4 is 16.0 Å². The van der Waals surface area contributed by atoms with Crippen molar-refractivity contribution in [2.45, 2.75) is 12.5 Å². The maximum absolute atomic E-state index is 13.3. The summed E-state index contributed by atoms with van der Waals surface area (Å²) in [4.78, 5) is 0. The number of hydrazine groups is 1. The maximum Gasteiger partial charge on any atom is 0.124 e. The van der Waals surface area contributed by atoms with E-state index >= 15 is 0 Å². The van der Waals surface area contributed by atoms with Crippen LogP contribution in [0.5, 0.6) is 5.75 Å². The molecule has 0 fully saturated rings. The topological polar surface area (TPSA) is 47.3 Å². The highest BCUT2D eigenvalue weighted by Crippen LogP contribution is 2.18. The van der Waals surface area contributed by atoms with Crippen molar-refractivity contribution in [2.75, 3.05) is 6.61 Å². The average Bonchev–Trinajstić information content (AvgIpc) is 2.44. The lowest BCUT2D eigenvalue weighted by molar-refractivity contribution is 0.264. The zero-order valence-corrected chi connectivity index (χ0v) is 13.5. The Balaban J connectivity index is 1.95. The van der Waals surface area contributed by atoms with E-state index in [0.29, 0.717) is 28.3 Å². The Kier molecular flexibility index (Phi) is 5.99. The third kappa shape index (κ3) is 5.28. The van der Waals surface area contributed by atoms with Gasteiger partial charge >= 0.3 is 0 Å². The SMILES string of the molecule is NNC(COc1ccc(Cl)cc1)Cc1cc(F)cc(Br)c1. The van der Waals surface area contributed by atoms with Crippen molar-refractivity contribution < 1.29 is 9.13 Å². The largest absolute Gasteiger partial charge is 0.492 e. The van der Waals surface area contributed by atoms with Crippen LogP contribution in [0, 0.1) is 5.82 Å². The Hall–Kier alpha value is -1.14. The van der Waals surface area contributed by atoms with Crippen molar-refractivity contribution in [3.63, 3.8) is 0 Å². The first-order valence-corrected chi connectivity index (χ1v) is 7.53. The second-order valence-corrected chi connectivity index (χ2v) is 5.96. The van der Waals surface area contributed by atoms with Crippen LogP contribution in [0.25, 0.3) is 0 Å². The first-order chi connectivity index (χ1) is 10.1. The third-order valence-electron chi connectivity index (χ3n) is 2.90. The van der Waals surface area contributed by atoms with E-state index in [9.17, 15) is 4.39 Å². The molecule has 3 N–H and O–H groups in total. The minimum Gasteiger partial charge on any atom is -0.492 e. The summed E-state index contributed by atoms with van der Waals surface area (Å²) in [7, 11) is 0. The molecule has 0 amide bonds. The predicted octanol–water partition coefficient (Wildman–Crippen LogP) is 3.70. The van der Waals surface area contributed by atoms with E-state index in [4.69, 9.17) is 22.2 Å². The molecule has 0 aromatic heterocycles. The molecule has 0 saturated heterocycles. The molecule has 112 valence electrons. The monoisotopic (exact) mass is 372 g/mol. The highest BCUT2D eigenvalue weighted by atomic mass is 79.9. The number of benzene rings is 2. The van der Waals surface area contributed by atoms with Crippen molar-refractivity contribution in [1.29, 1.82) is 0 Å². The summed E-state index contributed by atoms with van der Waals surface area (Å²) in [6.45, 7) is 0.367. The molecular formula is C15H15BrClFN2O. The summed E-state index contributed by atoms with van der Waals surface area (Å²) < 4.78 is 19.7. The number of hydrogen-bond acceptors (Lipinski definition) is 3. The molecule has 0 spiro atoms. The Bertz CT molecular complexity index is 574. The van der Waals surface area contributed by atoms with Crippen molar-refractivity contribution in [3.05, 3.63) is 63.3 Å². The maximum atomic E-state index is 13.3. The molecule has 0 radical (unpaired) electrons. The van der Waals surface area contributed by atoms with Gasteiger partial charge in [0.2, 0.25) is 0 Å². The Morgan fingerprint density at radius 1 is 1.24 bits per heavy atom. The van der Waals surface area contributed by atoms with Crippen LogP contribution in [0.2, 0.25) is 5.02 Å². The molecule has 2 aromatic rings. The van der Waals surface area contributed by atoms with E-state index in [2.05, 4.69) is 21.4 Å². The van der Waals surface area contributed by atoms with E-state index in [0.717, 1.165) is 5.56 Å². The standard InChI is InChI=1S/C15H15BrClFN2O/c16-11-5-10(6-13(18)8-11)7-14(20-19)9-21-15-3-1-12(17)2-4-15/h1-6,8,14,20H,7,9,19H2.